The molecule has 0 fully saturated rings. The van der Waals surface area contributed by atoms with Crippen LogP contribution in [-0.4, -0.2) is 5.11 Å². The predicted octanol–water partition coefficient (Wildman–Crippen LogP) is 6.44. The Kier molecular flexibility index (Phi) is 6.55. The zero-order valence-electron chi connectivity index (χ0n) is 11.9. The van der Waals surface area contributed by atoms with Crippen LogP contribution in [0.4, 0.5) is 43.9 Å². The summed E-state index contributed by atoms with van der Waals surface area (Å²) < 4.78 is 122. The molecule has 0 aromatic heterocycles. The van der Waals surface area contributed by atoms with Gasteiger partial charge in [0.05, 0.1) is 0 Å². The van der Waals surface area contributed by atoms with E-state index < -0.39 is 52.5 Å². The first-order valence-electron chi connectivity index (χ1n) is 6.11. The van der Waals surface area contributed by atoms with Gasteiger partial charge >= 0.3 is 12.4 Å². The second kappa shape index (κ2) is 7.72. The van der Waals surface area contributed by atoms with Gasteiger partial charge in [0.2, 0.25) is 0 Å². The molecule has 2 aromatic carbocycles. The number of halogens is 11. The molecule has 144 valence electrons. The summed E-state index contributed by atoms with van der Waals surface area (Å²) in [6, 6.07) is 1.52. The lowest BCUT2D eigenvalue weighted by atomic mass is 10.2. The minimum Gasteiger partial charge on any atom is -0.508 e. The van der Waals surface area contributed by atoms with E-state index in [2.05, 4.69) is 15.9 Å². The van der Waals surface area contributed by atoms with Gasteiger partial charge in [-0.15, -0.1) is 0 Å². The monoisotopic (exact) mass is 458 g/mol. The van der Waals surface area contributed by atoms with Gasteiger partial charge in [0, 0.05) is 16.6 Å². The van der Waals surface area contributed by atoms with E-state index in [0.717, 1.165) is 0 Å². The lowest BCUT2D eigenvalue weighted by Crippen LogP contribution is -2.11. The molecule has 0 unspecified atom stereocenters. The van der Waals surface area contributed by atoms with E-state index in [4.69, 9.17) is 5.11 Å². The number of phenolic OH excluding ortho intramolecular Hbond substituents is 1. The lowest BCUT2D eigenvalue weighted by Gasteiger charge is -2.08. The average molecular weight is 459 g/mol. The molecule has 2 rings (SSSR count). The third kappa shape index (κ3) is 5.51. The van der Waals surface area contributed by atoms with E-state index in [-0.39, 0.29) is 16.6 Å². The highest BCUT2D eigenvalue weighted by Crippen LogP contribution is 2.35. The van der Waals surface area contributed by atoms with Gasteiger partial charge in [0.15, 0.2) is 0 Å². The fraction of sp³-hybridized carbons (Fsp3) is 0.143. The van der Waals surface area contributed by atoms with Crippen LogP contribution in [0.3, 0.4) is 0 Å². The largest absolute Gasteiger partial charge is 0.508 e. The Balaban J connectivity index is 0.000000260. The maximum atomic E-state index is 12.6. The minimum atomic E-state index is -5.10. The standard InChI is InChI=1S/C7H2BrF5.C7H3F5O/c8-3-1-4(9)6(5(10)2-3)7(11,12)13;8-4-1-3(13)2-5(9)6(4)7(10,11)12/h1-2H;1-2,13H. The average Bonchev–Trinajstić information content (AvgIpc) is 2.32. The summed E-state index contributed by atoms with van der Waals surface area (Å²) in [5.74, 6) is -7.79. The predicted molar refractivity (Wildman–Crippen MR) is 72.1 cm³/mol. The van der Waals surface area contributed by atoms with Crippen molar-refractivity contribution in [1.82, 2.24) is 0 Å². The minimum absolute atomic E-state index is 0.0736. The van der Waals surface area contributed by atoms with Crippen molar-refractivity contribution in [2.75, 3.05) is 0 Å². The Morgan fingerprint density at radius 1 is 0.615 bits per heavy atom. The van der Waals surface area contributed by atoms with Gasteiger partial charge in [-0.25, -0.2) is 17.6 Å². The van der Waals surface area contributed by atoms with E-state index in [0.29, 0.717) is 12.1 Å². The lowest BCUT2D eigenvalue weighted by molar-refractivity contribution is -0.143. The Labute approximate surface area is 147 Å². The topological polar surface area (TPSA) is 20.2 Å². The molecule has 26 heavy (non-hydrogen) atoms. The maximum Gasteiger partial charge on any atom is 0.422 e. The zero-order valence-corrected chi connectivity index (χ0v) is 13.5. The van der Waals surface area contributed by atoms with Gasteiger partial charge in [-0.2, -0.15) is 26.3 Å². The Bertz CT molecular complexity index is 684. The molecule has 0 bridgehead atoms. The number of hydrogen-bond donors (Lipinski definition) is 1. The summed E-state index contributed by atoms with van der Waals surface area (Å²) in [7, 11) is 0. The Hall–Kier alpha value is -1.98. The highest BCUT2D eigenvalue weighted by molar-refractivity contribution is 9.10. The molecule has 1 nitrogen and oxygen atoms in total. The van der Waals surface area contributed by atoms with Crippen LogP contribution >= 0.6 is 15.9 Å². The summed E-state index contributed by atoms with van der Waals surface area (Å²) in [6.07, 6.45) is -10.1. The second-order valence-electron chi connectivity index (χ2n) is 4.52. The van der Waals surface area contributed by atoms with E-state index >= 15 is 0 Å². The molecule has 0 spiro atoms. The molecular weight excluding hydrogens is 454 g/mol. The first-order valence-corrected chi connectivity index (χ1v) is 6.90. The number of aromatic hydroxyl groups is 1. The molecule has 0 saturated heterocycles. The molecule has 12 heteroatoms. The Morgan fingerprint density at radius 3 is 1.15 bits per heavy atom. The molecule has 0 aliphatic heterocycles. The van der Waals surface area contributed by atoms with Crippen molar-refractivity contribution in [3.8, 4) is 5.75 Å². The summed E-state index contributed by atoms with van der Waals surface area (Å²) in [5.41, 5.74) is -3.86. The SMILES string of the molecule is Fc1cc(Br)cc(F)c1C(F)(F)F.Oc1cc(F)c(C(F)(F)F)c(F)c1. The van der Waals surface area contributed by atoms with Crippen LogP contribution in [-0.2, 0) is 12.4 Å². The van der Waals surface area contributed by atoms with Gasteiger partial charge in [0.1, 0.15) is 40.1 Å². The van der Waals surface area contributed by atoms with Gasteiger partial charge in [-0.3, -0.25) is 0 Å². The molecule has 1 N–H and O–H groups in total. The Morgan fingerprint density at radius 2 is 0.885 bits per heavy atom. The van der Waals surface area contributed by atoms with Crippen LogP contribution in [0.1, 0.15) is 11.1 Å². The molecule has 0 heterocycles. The van der Waals surface area contributed by atoms with Crippen molar-refractivity contribution in [2.45, 2.75) is 12.4 Å². The van der Waals surface area contributed by atoms with Gasteiger partial charge in [-0.1, -0.05) is 15.9 Å². The summed E-state index contributed by atoms with van der Waals surface area (Å²) >= 11 is 2.67. The number of alkyl halides is 6. The van der Waals surface area contributed by atoms with Crippen LogP contribution < -0.4 is 0 Å². The van der Waals surface area contributed by atoms with Crippen LogP contribution in [0.25, 0.3) is 0 Å². The van der Waals surface area contributed by atoms with Crippen LogP contribution in [0.15, 0.2) is 28.7 Å². The highest BCUT2D eigenvalue weighted by Gasteiger charge is 2.38. The van der Waals surface area contributed by atoms with Gasteiger partial charge in [0.25, 0.3) is 0 Å². The van der Waals surface area contributed by atoms with Gasteiger partial charge in [-0.05, 0) is 12.1 Å². The maximum absolute atomic E-state index is 12.6. The molecule has 2 aromatic rings. The van der Waals surface area contributed by atoms with Crippen molar-refractivity contribution in [3.63, 3.8) is 0 Å². The summed E-state index contributed by atoms with van der Waals surface area (Å²) in [5, 5.41) is 8.54. The molecule has 0 atom stereocenters. The number of hydrogen-bond acceptors (Lipinski definition) is 1. The second-order valence-corrected chi connectivity index (χ2v) is 5.44. The molecule has 0 aliphatic rings. The third-order valence-corrected chi connectivity index (χ3v) is 3.06. The van der Waals surface area contributed by atoms with E-state index in [9.17, 15) is 43.9 Å². The summed E-state index contributed by atoms with van der Waals surface area (Å²) in [4.78, 5) is 0. The van der Waals surface area contributed by atoms with E-state index in [1.165, 1.54) is 0 Å². The van der Waals surface area contributed by atoms with Crippen molar-refractivity contribution in [2.24, 2.45) is 0 Å². The molecule has 0 saturated carbocycles. The van der Waals surface area contributed by atoms with Crippen LogP contribution in [0.2, 0.25) is 0 Å². The summed E-state index contributed by atoms with van der Waals surface area (Å²) in [6.45, 7) is 0. The molecule has 0 amide bonds. The fourth-order valence-corrected chi connectivity index (χ4v) is 2.05. The number of rotatable bonds is 0. The fourth-order valence-electron chi connectivity index (χ4n) is 1.64. The first kappa shape index (κ1) is 22.1. The van der Waals surface area contributed by atoms with Crippen LogP contribution in [0.5, 0.6) is 5.75 Å². The van der Waals surface area contributed by atoms with E-state index in [1.54, 1.807) is 0 Å². The van der Waals surface area contributed by atoms with Crippen molar-refractivity contribution >= 4 is 15.9 Å². The number of benzene rings is 2. The first-order chi connectivity index (χ1) is 11.6. The smallest absolute Gasteiger partial charge is 0.422 e. The van der Waals surface area contributed by atoms with E-state index in [1.807, 2.05) is 0 Å². The third-order valence-electron chi connectivity index (χ3n) is 2.60. The molecular formula is C14H5BrF10O. The van der Waals surface area contributed by atoms with Gasteiger partial charge < -0.3 is 5.11 Å². The van der Waals surface area contributed by atoms with Crippen molar-refractivity contribution in [1.29, 1.82) is 0 Å². The van der Waals surface area contributed by atoms with Crippen molar-refractivity contribution < 1.29 is 49.0 Å². The van der Waals surface area contributed by atoms with Crippen molar-refractivity contribution in [3.05, 3.63) is 63.1 Å². The normalized spacial score (nSPS) is 11.8. The zero-order chi connectivity index (χ0) is 20.4. The van der Waals surface area contributed by atoms with Crippen LogP contribution in [0, 0.1) is 23.3 Å². The molecule has 0 radical (unpaired) electrons. The quantitative estimate of drug-likeness (QED) is 0.450. The number of phenols is 1. The molecule has 0 aliphatic carbocycles. The highest BCUT2D eigenvalue weighted by atomic mass is 79.9.